The predicted octanol–water partition coefficient (Wildman–Crippen LogP) is 4.70. The van der Waals surface area contributed by atoms with Crippen LogP contribution in [-0.2, 0) is 9.53 Å². The van der Waals surface area contributed by atoms with Crippen LogP contribution in [0.25, 0.3) is 6.08 Å². The highest BCUT2D eigenvalue weighted by molar-refractivity contribution is 9.10. The molecule has 0 heterocycles. The molecule has 0 aliphatic carbocycles. The Morgan fingerprint density at radius 2 is 1.71 bits per heavy atom. The number of rotatable bonds is 4. The van der Waals surface area contributed by atoms with Crippen molar-refractivity contribution >= 4 is 39.6 Å². The third kappa shape index (κ3) is 4.62. The van der Waals surface area contributed by atoms with Crippen molar-refractivity contribution in [1.82, 2.24) is 0 Å². The van der Waals surface area contributed by atoms with Crippen LogP contribution in [0.3, 0.4) is 0 Å². The average molecular weight is 368 g/mol. The first-order chi connectivity index (χ1) is 10.1. The summed E-state index contributed by atoms with van der Waals surface area (Å²) in [6.45, 7) is 0. The van der Waals surface area contributed by atoms with Crippen molar-refractivity contribution in [3.63, 3.8) is 0 Å². The molecular weight excluding hydrogens is 356 g/mol. The number of methoxy groups -OCH3 is 1. The lowest BCUT2D eigenvalue weighted by Gasteiger charge is -2.08. The Kier molecular flexibility index (Phi) is 5.42. The summed E-state index contributed by atoms with van der Waals surface area (Å²) in [6.07, 6.45) is 1.60. The van der Waals surface area contributed by atoms with Crippen LogP contribution in [0.5, 0.6) is 5.75 Å². The molecule has 0 aliphatic heterocycles. The highest BCUT2D eigenvalue weighted by atomic mass is 79.9. The molecule has 0 atom stereocenters. The first-order valence-electron chi connectivity index (χ1n) is 6.07. The SMILES string of the molecule is COC(=O)/C(=C/c1ccc(Cl)cc1)Oc1ccc(Br)cc1. The lowest BCUT2D eigenvalue weighted by atomic mass is 10.2. The van der Waals surface area contributed by atoms with Crippen molar-refractivity contribution in [3.8, 4) is 5.75 Å². The zero-order chi connectivity index (χ0) is 15.2. The molecule has 0 N–H and O–H groups in total. The summed E-state index contributed by atoms with van der Waals surface area (Å²) in [5.41, 5.74) is 0.789. The van der Waals surface area contributed by atoms with Gasteiger partial charge in [-0.3, -0.25) is 0 Å². The summed E-state index contributed by atoms with van der Waals surface area (Å²) < 4.78 is 11.3. The Bertz CT molecular complexity index is 648. The molecule has 2 rings (SSSR count). The van der Waals surface area contributed by atoms with Crippen LogP contribution >= 0.6 is 27.5 Å². The van der Waals surface area contributed by atoms with Crippen molar-refractivity contribution < 1.29 is 14.3 Å². The Morgan fingerprint density at radius 3 is 2.29 bits per heavy atom. The molecule has 0 saturated heterocycles. The Morgan fingerprint density at radius 1 is 1.10 bits per heavy atom. The normalized spacial score (nSPS) is 11.1. The molecule has 21 heavy (non-hydrogen) atoms. The minimum absolute atomic E-state index is 0.0992. The van der Waals surface area contributed by atoms with E-state index < -0.39 is 5.97 Å². The Balaban J connectivity index is 2.27. The smallest absolute Gasteiger partial charge is 0.373 e. The van der Waals surface area contributed by atoms with Crippen LogP contribution in [0.4, 0.5) is 0 Å². The summed E-state index contributed by atoms with van der Waals surface area (Å²) in [6, 6.07) is 14.2. The predicted molar refractivity (Wildman–Crippen MR) is 86.2 cm³/mol. The van der Waals surface area contributed by atoms with Crippen molar-refractivity contribution in [2.24, 2.45) is 0 Å². The molecule has 2 aromatic rings. The number of carbonyl (C=O) groups is 1. The molecule has 0 saturated carbocycles. The molecule has 0 fully saturated rings. The third-order valence-corrected chi connectivity index (χ3v) is 3.38. The van der Waals surface area contributed by atoms with E-state index in [0.717, 1.165) is 10.0 Å². The van der Waals surface area contributed by atoms with Crippen LogP contribution in [0.2, 0.25) is 5.02 Å². The lowest BCUT2D eigenvalue weighted by Crippen LogP contribution is -2.10. The number of carbonyl (C=O) groups excluding carboxylic acids is 1. The monoisotopic (exact) mass is 366 g/mol. The molecule has 0 amide bonds. The van der Waals surface area contributed by atoms with Gasteiger partial charge in [0.05, 0.1) is 7.11 Å². The minimum Gasteiger partial charge on any atom is -0.463 e. The van der Waals surface area contributed by atoms with Crippen molar-refractivity contribution in [3.05, 3.63) is 69.3 Å². The largest absolute Gasteiger partial charge is 0.463 e. The highest BCUT2D eigenvalue weighted by Gasteiger charge is 2.12. The van der Waals surface area contributed by atoms with E-state index in [-0.39, 0.29) is 5.76 Å². The van der Waals surface area contributed by atoms with E-state index in [1.54, 1.807) is 42.5 Å². The maximum atomic E-state index is 11.8. The fourth-order valence-electron chi connectivity index (χ4n) is 1.57. The van der Waals surface area contributed by atoms with E-state index >= 15 is 0 Å². The molecular formula is C16H12BrClO3. The first-order valence-corrected chi connectivity index (χ1v) is 7.24. The Hall–Kier alpha value is -1.78. The van der Waals surface area contributed by atoms with Gasteiger partial charge in [-0.2, -0.15) is 0 Å². The van der Waals surface area contributed by atoms with Gasteiger partial charge in [0.1, 0.15) is 5.75 Å². The Labute approximate surface area is 136 Å². The molecule has 0 aliphatic rings. The van der Waals surface area contributed by atoms with Crippen LogP contribution in [0.1, 0.15) is 5.56 Å². The molecule has 0 radical (unpaired) electrons. The van der Waals surface area contributed by atoms with Crippen molar-refractivity contribution in [1.29, 1.82) is 0 Å². The van der Waals surface area contributed by atoms with E-state index in [9.17, 15) is 4.79 Å². The number of esters is 1. The van der Waals surface area contributed by atoms with E-state index in [4.69, 9.17) is 21.1 Å². The maximum absolute atomic E-state index is 11.8. The molecule has 0 spiro atoms. The molecule has 2 aromatic carbocycles. The average Bonchev–Trinajstić information content (AvgIpc) is 2.50. The minimum atomic E-state index is -0.548. The number of hydrogen-bond acceptors (Lipinski definition) is 3. The third-order valence-electron chi connectivity index (χ3n) is 2.60. The fraction of sp³-hybridized carbons (Fsp3) is 0.0625. The standard InChI is InChI=1S/C16H12BrClO3/c1-20-16(19)15(10-11-2-6-13(18)7-3-11)21-14-8-4-12(17)5-9-14/h2-10H,1H3/b15-10-. The lowest BCUT2D eigenvalue weighted by molar-refractivity contribution is -0.138. The second kappa shape index (κ2) is 7.29. The zero-order valence-electron chi connectivity index (χ0n) is 11.2. The van der Waals surface area contributed by atoms with E-state index in [1.165, 1.54) is 7.11 Å². The van der Waals surface area contributed by atoms with Crippen LogP contribution in [0.15, 0.2) is 58.8 Å². The van der Waals surface area contributed by atoms with Gasteiger partial charge in [-0.25, -0.2) is 4.79 Å². The zero-order valence-corrected chi connectivity index (χ0v) is 13.5. The molecule has 108 valence electrons. The first kappa shape index (κ1) is 15.6. The maximum Gasteiger partial charge on any atom is 0.373 e. The van der Waals surface area contributed by atoms with E-state index in [0.29, 0.717) is 10.8 Å². The fourth-order valence-corrected chi connectivity index (χ4v) is 1.96. The van der Waals surface area contributed by atoms with Gasteiger partial charge in [0.2, 0.25) is 5.76 Å². The number of hydrogen-bond donors (Lipinski definition) is 0. The molecule has 0 bridgehead atoms. The van der Waals surface area contributed by atoms with Crippen molar-refractivity contribution in [2.45, 2.75) is 0 Å². The van der Waals surface area contributed by atoms with Gasteiger partial charge in [0.25, 0.3) is 0 Å². The molecule has 3 nitrogen and oxygen atoms in total. The summed E-state index contributed by atoms with van der Waals surface area (Å²) in [7, 11) is 1.31. The summed E-state index contributed by atoms with van der Waals surface area (Å²) in [5.74, 6) is 0.0961. The van der Waals surface area contributed by atoms with Crippen molar-refractivity contribution in [2.75, 3.05) is 7.11 Å². The van der Waals surface area contributed by atoms with E-state index in [2.05, 4.69) is 15.9 Å². The van der Waals surface area contributed by atoms with Gasteiger partial charge < -0.3 is 9.47 Å². The number of benzene rings is 2. The molecule has 0 unspecified atom stereocenters. The quantitative estimate of drug-likeness (QED) is 0.446. The summed E-state index contributed by atoms with van der Waals surface area (Å²) in [5, 5.41) is 0.626. The topological polar surface area (TPSA) is 35.5 Å². The van der Waals surface area contributed by atoms with Crippen LogP contribution in [0, 0.1) is 0 Å². The van der Waals surface area contributed by atoms with Gasteiger partial charge in [-0.15, -0.1) is 0 Å². The van der Waals surface area contributed by atoms with Gasteiger partial charge in [0, 0.05) is 9.50 Å². The number of halogens is 2. The van der Waals surface area contributed by atoms with Gasteiger partial charge in [0.15, 0.2) is 0 Å². The molecule has 0 aromatic heterocycles. The molecule has 5 heteroatoms. The van der Waals surface area contributed by atoms with Crippen LogP contribution in [-0.4, -0.2) is 13.1 Å². The second-order valence-electron chi connectivity index (χ2n) is 4.11. The van der Waals surface area contributed by atoms with Gasteiger partial charge >= 0.3 is 5.97 Å². The number of ether oxygens (including phenoxy) is 2. The summed E-state index contributed by atoms with van der Waals surface area (Å²) >= 11 is 9.18. The summed E-state index contributed by atoms with van der Waals surface area (Å²) in [4.78, 5) is 11.8. The second-order valence-corrected chi connectivity index (χ2v) is 5.46. The highest BCUT2D eigenvalue weighted by Crippen LogP contribution is 2.20. The van der Waals surface area contributed by atoms with Gasteiger partial charge in [-0.05, 0) is 48.0 Å². The van der Waals surface area contributed by atoms with Crippen LogP contribution < -0.4 is 4.74 Å². The van der Waals surface area contributed by atoms with Gasteiger partial charge in [-0.1, -0.05) is 39.7 Å². The van der Waals surface area contributed by atoms with E-state index in [1.807, 2.05) is 12.1 Å².